The van der Waals surface area contributed by atoms with Crippen molar-refractivity contribution in [2.75, 3.05) is 7.11 Å². The van der Waals surface area contributed by atoms with Crippen LogP contribution in [0.15, 0.2) is 48.5 Å². The fourth-order valence-electron chi connectivity index (χ4n) is 3.52. The van der Waals surface area contributed by atoms with Gasteiger partial charge < -0.3 is 10.1 Å². The number of rotatable bonds is 4. The number of amides is 1. The third-order valence-electron chi connectivity index (χ3n) is 4.96. The van der Waals surface area contributed by atoms with Crippen LogP contribution in [0.3, 0.4) is 0 Å². The highest BCUT2D eigenvalue weighted by atomic mass is 16.5. The molecule has 0 heterocycles. The second-order valence-electron chi connectivity index (χ2n) is 7.17. The Labute approximate surface area is 144 Å². The van der Waals surface area contributed by atoms with Crippen molar-refractivity contribution in [1.29, 1.82) is 0 Å². The minimum absolute atomic E-state index is 0.0153. The van der Waals surface area contributed by atoms with Crippen molar-refractivity contribution in [3.05, 3.63) is 70.8 Å². The van der Waals surface area contributed by atoms with Gasteiger partial charge in [0.05, 0.1) is 12.6 Å². The molecule has 1 N–H and O–H groups in total. The van der Waals surface area contributed by atoms with Crippen molar-refractivity contribution in [1.82, 2.24) is 5.32 Å². The standard InChI is InChI=1S/C21H25NO2/c1-21(2)13-12-19(17-6-4-5-7-18(17)21)22-20(23)16-10-8-15(9-11-16)14-24-3/h4-11,19H,12-14H2,1-3H3,(H,22,23). The molecule has 3 rings (SSSR count). The quantitative estimate of drug-likeness (QED) is 0.907. The summed E-state index contributed by atoms with van der Waals surface area (Å²) in [5, 5.41) is 3.21. The molecule has 2 aromatic carbocycles. The van der Waals surface area contributed by atoms with Crippen LogP contribution in [0.25, 0.3) is 0 Å². The number of nitrogens with one attached hydrogen (secondary N) is 1. The molecule has 0 fully saturated rings. The molecule has 3 nitrogen and oxygen atoms in total. The van der Waals surface area contributed by atoms with Gasteiger partial charge in [0.25, 0.3) is 5.91 Å². The van der Waals surface area contributed by atoms with Crippen LogP contribution < -0.4 is 5.32 Å². The summed E-state index contributed by atoms with van der Waals surface area (Å²) in [6.07, 6.45) is 2.04. The summed E-state index contributed by atoms with van der Waals surface area (Å²) in [4.78, 5) is 12.6. The minimum Gasteiger partial charge on any atom is -0.380 e. The van der Waals surface area contributed by atoms with Crippen molar-refractivity contribution in [2.24, 2.45) is 0 Å². The van der Waals surface area contributed by atoms with Gasteiger partial charge in [0.2, 0.25) is 0 Å². The molecular formula is C21H25NO2. The van der Waals surface area contributed by atoms with Crippen LogP contribution in [-0.2, 0) is 16.8 Å². The van der Waals surface area contributed by atoms with E-state index < -0.39 is 0 Å². The molecule has 0 spiro atoms. The summed E-state index contributed by atoms with van der Waals surface area (Å²) in [6.45, 7) is 5.11. The molecule has 1 aliphatic carbocycles. The monoisotopic (exact) mass is 323 g/mol. The predicted octanol–water partition coefficient (Wildman–Crippen LogP) is 4.38. The first kappa shape index (κ1) is 16.7. The normalized spacial score (nSPS) is 18.7. The molecule has 0 saturated carbocycles. The lowest BCUT2D eigenvalue weighted by Crippen LogP contribution is -2.35. The lowest BCUT2D eigenvalue weighted by Gasteiger charge is -2.37. The molecule has 3 heteroatoms. The van der Waals surface area contributed by atoms with E-state index in [2.05, 4.69) is 43.4 Å². The van der Waals surface area contributed by atoms with E-state index in [1.165, 1.54) is 11.1 Å². The van der Waals surface area contributed by atoms with Gasteiger partial charge in [0, 0.05) is 12.7 Å². The second kappa shape index (κ2) is 6.78. The first-order valence-electron chi connectivity index (χ1n) is 8.49. The van der Waals surface area contributed by atoms with Crippen LogP contribution in [0.1, 0.15) is 59.8 Å². The molecule has 1 amide bonds. The van der Waals surface area contributed by atoms with E-state index in [4.69, 9.17) is 4.74 Å². The molecule has 1 unspecified atom stereocenters. The maximum atomic E-state index is 12.6. The van der Waals surface area contributed by atoms with E-state index in [0.717, 1.165) is 18.4 Å². The van der Waals surface area contributed by atoms with E-state index >= 15 is 0 Å². The molecule has 1 aliphatic rings. The summed E-state index contributed by atoms with van der Waals surface area (Å²) in [5.74, 6) is -0.0153. The third-order valence-corrected chi connectivity index (χ3v) is 4.96. The van der Waals surface area contributed by atoms with E-state index in [-0.39, 0.29) is 17.4 Å². The number of carbonyl (C=O) groups excluding carboxylic acids is 1. The Morgan fingerprint density at radius 1 is 1.17 bits per heavy atom. The lowest BCUT2D eigenvalue weighted by molar-refractivity contribution is 0.0929. The van der Waals surface area contributed by atoms with Crippen LogP contribution in [0, 0.1) is 0 Å². The molecule has 0 saturated heterocycles. The van der Waals surface area contributed by atoms with Crippen LogP contribution in [-0.4, -0.2) is 13.0 Å². The zero-order valence-electron chi connectivity index (χ0n) is 14.6. The van der Waals surface area contributed by atoms with E-state index in [1.807, 2.05) is 24.3 Å². The lowest BCUT2D eigenvalue weighted by atomic mass is 9.71. The van der Waals surface area contributed by atoms with Gasteiger partial charge in [0.1, 0.15) is 0 Å². The Kier molecular flexibility index (Phi) is 4.72. The van der Waals surface area contributed by atoms with E-state index in [9.17, 15) is 4.79 Å². The van der Waals surface area contributed by atoms with E-state index in [0.29, 0.717) is 12.2 Å². The van der Waals surface area contributed by atoms with Crippen LogP contribution >= 0.6 is 0 Å². The maximum Gasteiger partial charge on any atom is 0.251 e. The molecule has 0 radical (unpaired) electrons. The van der Waals surface area contributed by atoms with Crippen molar-refractivity contribution < 1.29 is 9.53 Å². The van der Waals surface area contributed by atoms with Crippen LogP contribution in [0.4, 0.5) is 0 Å². The third kappa shape index (κ3) is 3.36. The minimum atomic E-state index is -0.0153. The number of fused-ring (bicyclic) bond motifs is 1. The number of ether oxygens (including phenoxy) is 1. The van der Waals surface area contributed by atoms with Gasteiger partial charge >= 0.3 is 0 Å². The number of hydrogen-bond donors (Lipinski definition) is 1. The Bertz CT molecular complexity index is 719. The molecule has 0 aliphatic heterocycles. The van der Waals surface area contributed by atoms with Crippen molar-refractivity contribution in [3.63, 3.8) is 0 Å². The number of methoxy groups -OCH3 is 1. The summed E-state index contributed by atoms with van der Waals surface area (Å²) in [5.41, 5.74) is 4.52. The van der Waals surface area contributed by atoms with E-state index in [1.54, 1.807) is 7.11 Å². The number of benzene rings is 2. The van der Waals surface area contributed by atoms with Gasteiger partial charge in [-0.15, -0.1) is 0 Å². The smallest absolute Gasteiger partial charge is 0.251 e. The summed E-state index contributed by atoms with van der Waals surface area (Å²) in [6, 6.07) is 16.2. The van der Waals surface area contributed by atoms with Gasteiger partial charge in [-0.2, -0.15) is 0 Å². The molecule has 2 aromatic rings. The Morgan fingerprint density at radius 2 is 1.88 bits per heavy atom. The van der Waals surface area contributed by atoms with Gasteiger partial charge in [-0.05, 0) is 47.1 Å². The average molecular weight is 323 g/mol. The molecule has 0 aromatic heterocycles. The largest absolute Gasteiger partial charge is 0.380 e. The maximum absolute atomic E-state index is 12.6. The molecule has 1 atom stereocenters. The Balaban J connectivity index is 1.77. The molecule has 126 valence electrons. The van der Waals surface area contributed by atoms with Gasteiger partial charge in [-0.25, -0.2) is 0 Å². The predicted molar refractivity (Wildman–Crippen MR) is 96.1 cm³/mol. The highest BCUT2D eigenvalue weighted by molar-refractivity contribution is 5.94. The van der Waals surface area contributed by atoms with Gasteiger partial charge in [-0.3, -0.25) is 4.79 Å². The number of hydrogen-bond acceptors (Lipinski definition) is 2. The first-order chi connectivity index (χ1) is 11.5. The first-order valence-corrected chi connectivity index (χ1v) is 8.49. The topological polar surface area (TPSA) is 38.3 Å². The Morgan fingerprint density at radius 3 is 2.58 bits per heavy atom. The van der Waals surface area contributed by atoms with Gasteiger partial charge in [-0.1, -0.05) is 50.2 Å². The molecule has 0 bridgehead atoms. The van der Waals surface area contributed by atoms with Crippen molar-refractivity contribution in [3.8, 4) is 0 Å². The molecular weight excluding hydrogens is 298 g/mol. The zero-order valence-corrected chi connectivity index (χ0v) is 14.6. The van der Waals surface area contributed by atoms with Gasteiger partial charge in [0.15, 0.2) is 0 Å². The SMILES string of the molecule is COCc1ccc(C(=O)NC2CCC(C)(C)c3ccccc32)cc1. The fourth-order valence-corrected chi connectivity index (χ4v) is 3.52. The van der Waals surface area contributed by atoms with Crippen LogP contribution in [0.5, 0.6) is 0 Å². The average Bonchev–Trinajstić information content (AvgIpc) is 2.59. The second-order valence-corrected chi connectivity index (χ2v) is 7.17. The summed E-state index contributed by atoms with van der Waals surface area (Å²) < 4.78 is 5.11. The summed E-state index contributed by atoms with van der Waals surface area (Å²) in [7, 11) is 1.67. The highest BCUT2D eigenvalue weighted by Crippen LogP contribution is 2.41. The molecule has 24 heavy (non-hydrogen) atoms. The Hall–Kier alpha value is -2.13. The zero-order chi connectivity index (χ0) is 17.2. The van der Waals surface area contributed by atoms with Crippen molar-refractivity contribution in [2.45, 2.75) is 44.8 Å². The van der Waals surface area contributed by atoms with Crippen molar-refractivity contribution >= 4 is 5.91 Å². The fraction of sp³-hybridized carbons (Fsp3) is 0.381. The number of carbonyl (C=O) groups is 1. The van der Waals surface area contributed by atoms with Crippen LogP contribution in [0.2, 0.25) is 0 Å². The summed E-state index contributed by atoms with van der Waals surface area (Å²) >= 11 is 0. The highest BCUT2D eigenvalue weighted by Gasteiger charge is 2.32.